The van der Waals surface area contributed by atoms with Crippen LogP contribution in [-0.2, 0) is 13.2 Å². The van der Waals surface area contributed by atoms with E-state index in [2.05, 4.69) is 17.0 Å². The van der Waals surface area contributed by atoms with Gasteiger partial charge in [-0.3, -0.25) is 4.90 Å². The van der Waals surface area contributed by atoms with E-state index in [1.54, 1.807) is 0 Å². The van der Waals surface area contributed by atoms with Crippen molar-refractivity contribution < 1.29 is 14.6 Å². The molecule has 1 heterocycles. The van der Waals surface area contributed by atoms with Crippen molar-refractivity contribution in [3.63, 3.8) is 0 Å². The molecule has 128 valence electrons. The van der Waals surface area contributed by atoms with Gasteiger partial charge in [-0.2, -0.15) is 0 Å². The molecule has 1 fully saturated rings. The Bertz CT molecular complexity index is 645. The third-order valence-electron chi connectivity index (χ3n) is 4.20. The lowest BCUT2D eigenvalue weighted by Crippen LogP contribution is -2.21. The fourth-order valence-corrected chi connectivity index (χ4v) is 2.99. The van der Waals surface area contributed by atoms with Crippen LogP contribution in [0.2, 0.25) is 0 Å². The molecule has 1 aliphatic heterocycles. The van der Waals surface area contributed by atoms with Crippen LogP contribution in [0.3, 0.4) is 0 Å². The van der Waals surface area contributed by atoms with Gasteiger partial charge in [0.05, 0.1) is 12.7 Å². The van der Waals surface area contributed by atoms with E-state index in [1.807, 2.05) is 43.3 Å². The normalized spacial score (nSPS) is 17.8. The predicted octanol–water partition coefficient (Wildman–Crippen LogP) is 3.23. The molecule has 0 bridgehead atoms. The highest BCUT2D eigenvalue weighted by molar-refractivity contribution is 5.43. The maximum Gasteiger partial charge on any atom is 0.161 e. The standard InChI is InChI=1S/C20H25NO3/c1-2-23-20-12-17(13-21-11-10-18(22)14-21)8-9-19(20)24-15-16-6-4-3-5-7-16/h3-9,12,18,22H,2,10-11,13-15H2,1H3/t18-/m1/s1. The molecule has 2 aromatic rings. The summed E-state index contributed by atoms with van der Waals surface area (Å²) in [5.41, 5.74) is 2.31. The molecule has 0 spiro atoms. The molecule has 0 aliphatic carbocycles. The van der Waals surface area contributed by atoms with Crippen molar-refractivity contribution in [1.29, 1.82) is 0 Å². The molecule has 1 N–H and O–H groups in total. The van der Waals surface area contributed by atoms with Gasteiger partial charge in [-0.25, -0.2) is 0 Å². The van der Waals surface area contributed by atoms with E-state index in [1.165, 1.54) is 5.56 Å². The average Bonchev–Trinajstić information content (AvgIpc) is 3.00. The third-order valence-corrected chi connectivity index (χ3v) is 4.20. The van der Waals surface area contributed by atoms with Crippen LogP contribution in [-0.4, -0.2) is 35.8 Å². The van der Waals surface area contributed by atoms with Crippen LogP contribution in [0.15, 0.2) is 48.5 Å². The summed E-state index contributed by atoms with van der Waals surface area (Å²) in [7, 11) is 0. The second-order valence-corrected chi connectivity index (χ2v) is 6.17. The minimum Gasteiger partial charge on any atom is -0.490 e. The maximum atomic E-state index is 9.65. The van der Waals surface area contributed by atoms with Crippen LogP contribution in [0.1, 0.15) is 24.5 Å². The molecule has 4 heteroatoms. The summed E-state index contributed by atoms with van der Waals surface area (Å²) in [6, 6.07) is 16.2. The molecule has 3 rings (SSSR count). The number of hydrogen-bond acceptors (Lipinski definition) is 4. The highest BCUT2D eigenvalue weighted by Crippen LogP contribution is 2.30. The van der Waals surface area contributed by atoms with Crippen LogP contribution in [0.5, 0.6) is 11.5 Å². The van der Waals surface area contributed by atoms with E-state index >= 15 is 0 Å². The zero-order valence-electron chi connectivity index (χ0n) is 14.1. The third kappa shape index (κ3) is 4.49. The average molecular weight is 327 g/mol. The number of likely N-dealkylation sites (tertiary alicyclic amines) is 1. The Morgan fingerprint density at radius 2 is 1.88 bits per heavy atom. The van der Waals surface area contributed by atoms with Crippen molar-refractivity contribution in [3.05, 3.63) is 59.7 Å². The Balaban J connectivity index is 1.67. The summed E-state index contributed by atoms with van der Waals surface area (Å²) >= 11 is 0. The zero-order valence-corrected chi connectivity index (χ0v) is 14.1. The molecule has 1 aliphatic rings. The SMILES string of the molecule is CCOc1cc(CN2CC[C@@H](O)C2)ccc1OCc1ccccc1. The highest BCUT2D eigenvalue weighted by atomic mass is 16.5. The van der Waals surface area contributed by atoms with Crippen molar-refractivity contribution in [2.75, 3.05) is 19.7 Å². The van der Waals surface area contributed by atoms with Crippen molar-refractivity contribution in [3.8, 4) is 11.5 Å². The van der Waals surface area contributed by atoms with E-state index < -0.39 is 0 Å². The fraction of sp³-hybridized carbons (Fsp3) is 0.400. The Hall–Kier alpha value is -2.04. The van der Waals surface area contributed by atoms with Gasteiger partial charge in [-0.1, -0.05) is 36.4 Å². The summed E-state index contributed by atoms with van der Waals surface area (Å²) in [6.45, 7) is 5.63. The molecule has 0 amide bonds. The maximum absolute atomic E-state index is 9.65. The van der Waals surface area contributed by atoms with Crippen LogP contribution in [0, 0.1) is 0 Å². The van der Waals surface area contributed by atoms with Gasteiger partial charge < -0.3 is 14.6 Å². The quantitative estimate of drug-likeness (QED) is 0.848. The minimum atomic E-state index is -0.190. The first-order valence-corrected chi connectivity index (χ1v) is 8.57. The summed E-state index contributed by atoms with van der Waals surface area (Å²) in [5, 5.41) is 9.65. The van der Waals surface area contributed by atoms with E-state index in [-0.39, 0.29) is 6.10 Å². The van der Waals surface area contributed by atoms with Crippen LogP contribution in [0.25, 0.3) is 0 Å². The fourth-order valence-electron chi connectivity index (χ4n) is 2.99. The molecule has 0 radical (unpaired) electrons. The first-order valence-electron chi connectivity index (χ1n) is 8.57. The molecule has 1 atom stereocenters. The van der Waals surface area contributed by atoms with Gasteiger partial charge >= 0.3 is 0 Å². The predicted molar refractivity (Wildman–Crippen MR) is 94.3 cm³/mol. The van der Waals surface area contributed by atoms with Crippen LogP contribution < -0.4 is 9.47 Å². The number of nitrogens with zero attached hydrogens (tertiary/aromatic N) is 1. The van der Waals surface area contributed by atoms with Gasteiger partial charge in [0.1, 0.15) is 6.61 Å². The van der Waals surface area contributed by atoms with E-state index in [0.29, 0.717) is 13.2 Å². The van der Waals surface area contributed by atoms with Gasteiger partial charge in [0.25, 0.3) is 0 Å². The summed E-state index contributed by atoms with van der Waals surface area (Å²) in [5.74, 6) is 1.55. The van der Waals surface area contributed by atoms with Crippen LogP contribution in [0.4, 0.5) is 0 Å². The number of rotatable bonds is 7. The largest absolute Gasteiger partial charge is 0.490 e. The second kappa shape index (κ2) is 8.18. The lowest BCUT2D eigenvalue weighted by Gasteiger charge is -2.17. The van der Waals surface area contributed by atoms with Gasteiger partial charge in [0, 0.05) is 19.6 Å². The number of ether oxygens (including phenoxy) is 2. The lowest BCUT2D eigenvalue weighted by atomic mass is 10.2. The number of aliphatic hydroxyl groups excluding tert-OH is 1. The van der Waals surface area contributed by atoms with Crippen molar-refractivity contribution >= 4 is 0 Å². The molecule has 0 unspecified atom stereocenters. The summed E-state index contributed by atoms with van der Waals surface area (Å²) in [4.78, 5) is 2.26. The number of benzene rings is 2. The highest BCUT2D eigenvalue weighted by Gasteiger charge is 2.20. The number of hydrogen-bond donors (Lipinski definition) is 1. The van der Waals surface area contributed by atoms with E-state index in [0.717, 1.165) is 43.1 Å². The van der Waals surface area contributed by atoms with Crippen molar-refractivity contribution in [2.45, 2.75) is 32.6 Å². The monoisotopic (exact) mass is 327 g/mol. The van der Waals surface area contributed by atoms with Crippen molar-refractivity contribution in [2.24, 2.45) is 0 Å². The molecular formula is C20H25NO3. The van der Waals surface area contributed by atoms with Gasteiger partial charge in [-0.05, 0) is 36.6 Å². The first-order chi connectivity index (χ1) is 11.7. The molecule has 2 aromatic carbocycles. The summed E-state index contributed by atoms with van der Waals surface area (Å²) < 4.78 is 11.7. The first kappa shape index (κ1) is 16.8. The Kier molecular flexibility index (Phi) is 5.72. The Morgan fingerprint density at radius 3 is 2.58 bits per heavy atom. The van der Waals surface area contributed by atoms with E-state index in [4.69, 9.17) is 9.47 Å². The smallest absolute Gasteiger partial charge is 0.161 e. The topological polar surface area (TPSA) is 41.9 Å². The second-order valence-electron chi connectivity index (χ2n) is 6.17. The van der Waals surface area contributed by atoms with Gasteiger partial charge in [-0.15, -0.1) is 0 Å². The molecule has 4 nitrogen and oxygen atoms in total. The zero-order chi connectivity index (χ0) is 16.8. The van der Waals surface area contributed by atoms with Gasteiger partial charge in [0.2, 0.25) is 0 Å². The molecule has 0 aromatic heterocycles. The summed E-state index contributed by atoms with van der Waals surface area (Å²) in [6.07, 6.45) is 0.668. The van der Waals surface area contributed by atoms with Crippen molar-refractivity contribution in [1.82, 2.24) is 4.90 Å². The van der Waals surface area contributed by atoms with Crippen LogP contribution >= 0.6 is 0 Å². The molecular weight excluding hydrogens is 302 g/mol. The molecule has 24 heavy (non-hydrogen) atoms. The Labute approximate surface area is 143 Å². The Morgan fingerprint density at radius 1 is 1.04 bits per heavy atom. The molecule has 0 saturated carbocycles. The number of β-amino-alcohol motifs (C(OH)–C–C–N with tert-alkyl or cyclic N) is 1. The minimum absolute atomic E-state index is 0.190. The van der Waals surface area contributed by atoms with E-state index in [9.17, 15) is 5.11 Å². The lowest BCUT2D eigenvalue weighted by molar-refractivity contribution is 0.174. The van der Waals surface area contributed by atoms with Gasteiger partial charge in [0.15, 0.2) is 11.5 Å². The number of aliphatic hydroxyl groups is 1. The molecule has 1 saturated heterocycles.